The smallest absolute Gasteiger partial charge is 0.140 e. The molecule has 0 aliphatic rings. The summed E-state index contributed by atoms with van der Waals surface area (Å²) in [6, 6.07) is 14.5. The molecule has 0 N–H and O–H groups in total. The minimum absolute atomic E-state index is 0.224. The summed E-state index contributed by atoms with van der Waals surface area (Å²) in [4.78, 5) is 4.38. The number of nitrogens with zero attached hydrogens (tertiary/aromatic N) is 2. The average Bonchev–Trinajstić information content (AvgIpc) is 2.86. The molecule has 2 aromatic carbocycles. The molecule has 0 radical (unpaired) electrons. The highest BCUT2D eigenvalue weighted by atomic mass is 19.1. The van der Waals surface area contributed by atoms with E-state index in [-0.39, 0.29) is 5.82 Å². The number of rotatable bonds is 2. The Morgan fingerprint density at radius 2 is 1.63 bits per heavy atom. The molecule has 3 aromatic rings. The summed E-state index contributed by atoms with van der Waals surface area (Å²) in [5.74, 6) is 0.679. The zero-order chi connectivity index (χ0) is 13.2. The Morgan fingerprint density at radius 3 is 2.26 bits per heavy atom. The first-order valence-electron chi connectivity index (χ1n) is 6.08. The van der Waals surface area contributed by atoms with E-state index in [2.05, 4.69) is 4.98 Å². The van der Waals surface area contributed by atoms with E-state index < -0.39 is 0 Å². The van der Waals surface area contributed by atoms with Crippen LogP contribution in [0.15, 0.2) is 60.9 Å². The van der Waals surface area contributed by atoms with E-state index >= 15 is 0 Å². The van der Waals surface area contributed by atoms with E-state index in [9.17, 15) is 4.39 Å². The van der Waals surface area contributed by atoms with Crippen molar-refractivity contribution in [1.82, 2.24) is 9.55 Å². The Morgan fingerprint density at radius 1 is 0.947 bits per heavy atom. The maximum atomic E-state index is 13.0. The molecule has 3 heteroatoms. The highest BCUT2D eigenvalue weighted by Gasteiger charge is 2.10. The predicted octanol–water partition coefficient (Wildman–Crippen LogP) is 3.89. The van der Waals surface area contributed by atoms with Crippen LogP contribution in [0, 0.1) is 5.82 Å². The number of imidazole rings is 1. The molecule has 1 heterocycles. The van der Waals surface area contributed by atoms with Crippen molar-refractivity contribution < 1.29 is 4.39 Å². The zero-order valence-corrected chi connectivity index (χ0v) is 10.5. The molecule has 2 nitrogen and oxygen atoms in total. The summed E-state index contributed by atoms with van der Waals surface area (Å²) in [5, 5.41) is 0. The molecule has 94 valence electrons. The van der Waals surface area contributed by atoms with Crippen LogP contribution in [0.2, 0.25) is 0 Å². The maximum Gasteiger partial charge on any atom is 0.140 e. The molecule has 0 amide bonds. The second kappa shape index (κ2) is 4.69. The highest BCUT2D eigenvalue weighted by molar-refractivity contribution is 5.80. The summed E-state index contributed by atoms with van der Waals surface area (Å²) in [6.45, 7) is 0. The van der Waals surface area contributed by atoms with Gasteiger partial charge in [-0.2, -0.15) is 0 Å². The van der Waals surface area contributed by atoms with Gasteiger partial charge in [0.05, 0.1) is 0 Å². The van der Waals surface area contributed by atoms with Gasteiger partial charge in [0.1, 0.15) is 11.6 Å². The van der Waals surface area contributed by atoms with Crippen LogP contribution in [0.25, 0.3) is 22.5 Å². The largest absolute Gasteiger partial charge is 0.334 e. The molecule has 0 aliphatic carbocycles. The summed E-state index contributed by atoms with van der Waals surface area (Å²) in [6.07, 6.45) is 3.69. The van der Waals surface area contributed by atoms with Crippen LogP contribution in [0.1, 0.15) is 0 Å². The van der Waals surface area contributed by atoms with Crippen LogP contribution in [-0.2, 0) is 7.05 Å². The quantitative estimate of drug-likeness (QED) is 0.676. The van der Waals surface area contributed by atoms with Crippen LogP contribution in [0.5, 0.6) is 0 Å². The molecule has 0 fully saturated rings. The van der Waals surface area contributed by atoms with Crippen molar-refractivity contribution in [3.63, 3.8) is 0 Å². The fourth-order valence-electron chi connectivity index (χ4n) is 2.18. The summed E-state index contributed by atoms with van der Waals surface area (Å²) >= 11 is 0. The monoisotopic (exact) mass is 252 g/mol. The van der Waals surface area contributed by atoms with Gasteiger partial charge in [0.25, 0.3) is 0 Å². The van der Waals surface area contributed by atoms with Crippen LogP contribution in [0.3, 0.4) is 0 Å². The molecule has 0 spiro atoms. The van der Waals surface area contributed by atoms with Gasteiger partial charge in [-0.05, 0) is 23.3 Å². The van der Waals surface area contributed by atoms with Gasteiger partial charge in [0.15, 0.2) is 0 Å². The highest BCUT2D eigenvalue weighted by Crippen LogP contribution is 2.30. The molecule has 19 heavy (non-hydrogen) atoms. The molecule has 0 bridgehead atoms. The fourth-order valence-corrected chi connectivity index (χ4v) is 2.18. The van der Waals surface area contributed by atoms with Crippen LogP contribution in [-0.4, -0.2) is 9.55 Å². The van der Waals surface area contributed by atoms with Gasteiger partial charge in [0.2, 0.25) is 0 Å². The van der Waals surface area contributed by atoms with Gasteiger partial charge in [-0.1, -0.05) is 36.4 Å². The molecule has 3 rings (SSSR count). The van der Waals surface area contributed by atoms with Crippen molar-refractivity contribution in [2.45, 2.75) is 0 Å². The Labute approximate surface area is 111 Å². The van der Waals surface area contributed by atoms with E-state index in [1.54, 1.807) is 18.3 Å². The SMILES string of the molecule is Cn1ccnc1-c1ccccc1-c1ccc(F)cc1. The van der Waals surface area contributed by atoms with Crippen LogP contribution < -0.4 is 0 Å². The minimum atomic E-state index is -0.224. The lowest BCUT2D eigenvalue weighted by molar-refractivity contribution is 0.628. The third kappa shape index (κ3) is 2.15. The van der Waals surface area contributed by atoms with Crippen molar-refractivity contribution in [3.05, 3.63) is 66.7 Å². The van der Waals surface area contributed by atoms with Gasteiger partial charge in [-0.3, -0.25) is 0 Å². The molecule has 0 unspecified atom stereocenters. The number of hydrogen-bond donors (Lipinski definition) is 0. The normalized spacial score (nSPS) is 10.6. The van der Waals surface area contributed by atoms with Gasteiger partial charge in [0, 0.05) is 25.0 Å². The number of aryl methyl sites for hydroxylation is 1. The lowest BCUT2D eigenvalue weighted by Crippen LogP contribution is -1.93. The Balaban J connectivity index is 2.18. The first kappa shape index (κ1) is 11.7. The van der Waals surface area contributed by atoms with E-state index in [0.29, 0.717) is 0 Å². The maximum absolute atomic E-state index is 13.0. The van der Waals surface area contributed by atoms with Crippen molar-refractivity contribution >= 4 is 0 Å². The third-order valence-electron chi connectivity index (χ3n) is 3.14. The minimum Gasteiger partial charge on any atom is -0.334 e. The summed E-state index contributed by atoms with van der Waals surface area (Å²) in [7, 11) is 1.96. The second-order valence-electron chi connectivity index (χ2n) is 4.41. The van der Waals surface area contributed by atoms with Crippen molar-refractivity contribution in [1.29, 1.82) is 0 Å². The first-order chi connectivity index (χ1) is 9.25. The second-order valence-corrected chi connectivity index (χ2v) is 4.41. The van der Waals surface area contributed by atoms with Crippen molar-refractivity contribution in [3.8, 4) is 22.5 Å². The number of benzene rings is 2. The molecule has 0 aliphatic heterocycles. The number of halogens is 1. The standard InChI is InChI=1S/C16H13FN2/c1-19-11-10-18-16(19)15-5-3-2-4-14(15)12-6-8-13(17)9-7-12/h2-11H,1H3. The van der Waals surface area contributed by atoms with Gasteiger partial charge in [-0.25, -0.2) is 9.37 Å². The Hall–Kier alpha value is -2.42. The van der Waals surface area contributed by atoms with Crippen molar-refractivity contribution in [2.75, 3.05) is 0 Å². The molecule has 0 saturated heterocycles. The topological polar surface area (TPSA) is 17.8 Å². The van der Waals surface area contributed by atoms with Gasteiger partial charge in [-0.15, -0.1) is 0 Å². The summed E-state index contributed by atoms with van der Waals surface area (Å²) < 4.78 is 15.0. The average molecular weight is 252 g/mol. The number of hydrogen-bond acceptors (Lipinski definition) is 1. The lowest BCUT2D eigenvalue weighted by atomic mass is 9.99. The van der Waals surface area contributed by atoms with Crippen LogP contribution >= 0.6 is 0 Å². The van der Waals surface area contributed by atoms with E-state index in [4.69, 9.17) is 0 Å². The third-order valence-corrected chi connectivity index (χ3v) is 3.14. The fraction of sp³-hybridized carbons (Fsp3) is 0.0625. The number of aromatic nitrogens is 2. The Bertz CT molecular complexity index is 699. The van der Waals surface area contributed by atoms with E-state index in [1.165, 1.54) is 12.1 Å². The lowest BCUT2D eigenvalue weighted by Gasteiger charge is -2.09. The van der Waals surface area contributed by atoms with Gasteiger partial charge >= 0.3 is 0 Å². The molecule has 1 aromatic heterocycles. The predicted molar refractivity (Wildman–Crippen MR) is 74.0 cm³/mol. The van der Waals surface area contributed by atoms with Crippen molar-refractivity contribution in [2.24, 2.45) is 7.05 Å². The van der Waals surface area contributed by atoms with E-state index in [1.807, 2.05) is 42.1 Å². The molecular formula is C16H13FN2. The molecule has 0 saturated carbocycles. The Kier molecular flexibility index (Phi) is 2.88. The molecule has 0 atom stereocenters. The van der Waals surface area contributed by atoms with E-state index in [0.717, 1.165) is 22.5 Å². The zero-order valence-electron chi connectivity index (χ0n) is 10.5. The first-order valence-corrected chi connectivity index (χ1v) is 6.08. The molecular weight excluding hydrogens is 239 g/mol. The summed E-state index contributed by atoms with van der Waals surface area (Å²) in [5.41, 5.74) is 3.08. The van der Waals surface area contributed by atoms with Gasteiger partial charge < -0.3 is 4.57 Å². The van der Waals surface area contributed by atoms with Crippen LogP contribution in [0.4, 0.5) is 4.39 Å².